The van der Waals surface area contributed by atoms with Crippen LogP contribution in [0.25, 0.3) is 11.3 Å². The molecule has 154 valence electrons. The number of carbonyl (C=O) groups excluding carboxylic acids is 2. The van der Waals surface area contributed by atoms with E-state index in [1.54, 1.807) is 61.7 Å². The summed E-state index contributed by atoms with van der Waals surface area (Å²) in [5.74, 6) is -0.108. The number of aromatic nitrogens is 2. The molecule has 3 N–H and O–H groups in total. The SMILES string of the molecule is COc1cccc(NC(=O)c2ccccc2NC(=O)c2cc(-c3ccccc3)n[nH]2)c1. The smallest absolute Gasteiger partial charge is 0.273 e. The molecular formula is C24H20N4O3. The summed E-state index contributed by atoms with van der Waals surface area (Å²) in [7, 11) is 1.56. The Morgan fingerprint density at radius 3 is 2.42 bits per heavy atom. The molecule has 0 saturated heterocycles. The Morgan fingerprint density at radius 1 is 0.839 bits per heavy atom. The van der Waals surface area contributed by atoms with Crippen LogP contribution in [0.15, 0.2) is 84.9 Å². The zero-order valence-electron chi connectivity index (χ0n) is 16.8. The van der Waals surface area contributed by atoms with Crippen LogP contribution in [0, 0.1) is 0 Å². The number of rotatable bonds is 6. The summed E-state index contributed by atoms with van der Waals surface area (Å²) < 4.78 is 5.18. The highest BCUT2D eigenvalue weighted by Gasteiger charge is 2.16. The number of benzene rings is 3. The summed E-state index contributed by atoms with van der Waals surface area (Å²) in [4.78, 5) is 25.6. The number of methoxy groups -OCH3 is 1. The first-order valence-corrected chi connectivity index (χ1v) is 9.60. The van der Waals surface area contributed by atoms with Crippen LogP contribution >= 0.6 is 0 Å². The highest BCUT2D eigenvalue weighted by molar-refractivity contribution is 6.12. The molecule has 1 heterocycles. The number of nitrogens with zero attached hydrogens (tertiary/aromatic N) is 1. The zero-order valence-corrected chi connectivity index (χ0v) is 16.8. The number of nitrogens with one attached hydrogen (secondary N) is 3. The summed E-state index contributed by atoms with van der Waals surface area (Å²) in [6.07, 6.45) is 0. The van der Waals surface area contributed by atoms with Crippen molar-refractivity contribution in [3.8, 4) is 17.0 Å². The van der Waals surface area contributed by atoms with E-state index in [9.17, 15) is 9.59 Å². The van der Waals surface area contributed by atoms with E-state index in [1.807, 2.05) is 30.3 Å². The third kappa shape index (κ3) is 4.62. The zero-order chi connectivity index (χ0) is 21.6. The average molecular weight is 412 g/mol. The van der Waals surface area contributed by atoms with Crippen molar-refractivity contribution in [3.05, 3.63) is 96.2 Å². The van der Waals surface area contributed by atoms with Gasteiger partial charge in [0.2, 0.25) is 0 Å². The highest BCUT2D eigenvalue weighted by atomic mass is 16.5. The van der Waals surface area contributed by atoms with E-state index in [0.717, 1.165) is 5.56 Å². The first-order chi connectivity index (χ1) is 15.1. The Morgan fingerprint density at radius 2 is 1.61 bits per heavy atom. The minimum absolute atomic E-state index is 0.293. The molecule has 7 heteroatoms. The van der Waals surface area contributed by atoms with E-state index in [4.69, 9.17) is 4.74 Å². The van der Waals surface area contributed by atoms with Crippen molar-refractivity contribution in [1.82, 2.24) is 10.2 Å². The lowest BCUT2D eigenvalue weighted by Gasteiger charge is -2.11. The molecule has 31 heavy (non-hydrogen) atoms. The second-order valence-corrected chi connectivity index (χ2v) is 6.72. The van der Waals surface area contributed by atoms with Gasteiger partial charge in [0.05, 0.1) is 24.1 Å². The van der Waals surface area contributed by atoms with E-state index in [2.05, 4.69) is 20.8 Å². The lowest BCUT2D eigenvalue weighted by Crippen LogP contribution is -2.18. The number of carbonyl (C=O) groups is 2. The first kappa shape index (κ1) is 19.9. The topological polar surface area (TPSA) is 96.1 Å². The third-order valence-electron chi connectivity index (χ3n) is 4.64. The molecule has 0 bridgehead atoms. The molecule has 2 amide bonds. The molecule has 0 unspecified atom stereocenters. The number of amides is 2. The quantitative estimate of drug-likeness (QED) is 0.432. The number of hydrogen-bond acceptors (Lipinski definition) is 4. The molecule has 0 saturated carbocycles. The van der Waals surface area contributed by atoms with Crippen molar-refractivity contribution in [2.75, 3.05) is 17.7 Å². The number of aromatic amines is 1. The molecular weight excluding hydrogens is 392 g/mol. The van der Waals surface area contributed by atoms with Crippen molar-refractivity contribution in [1.29, 1.82) is 0 Å². The minimum Gasteiger partial charge on any atom is -0.497 e. The molecule has 0 atom stereocenters. The average Bonchev–Trinajstić information content (AvgIpc) is 3.31. The van der Waals surface area contributed by atoms with Gasteiger partial charge in [-0.25, -0.2) is 0 Å². The summed E-state index contributed by atoms with van der Waals surface area (Å²) in [6, 6.07) is 25.1. The molecule has 0 aliphatic carbocycles. The summed E-state index contributed by atoms with van der Waals surface area (Å²) in [6.45, 7) is 0. The number of anilines is 2. The van der Waals surface area contributed by atoms with Gasteiger partial charge in [0.15, 0.2) is 0 Å². The van der Waals surface area contributed by atoms with Crippen LogP contribution in [-0.4, -0.2) is 29.1 Å². The Labute approximate surface area is 179 Å². The molecule has 4 aromatic rings. The number of para-hydroxylation sites is 1. The maximum Gasteiger partial charge on any atom is 0.273 e. The van der Waals surface area contributed by atoms with Gasteiger partial charge >= 0.3 is 0 Å². The molecule has 0 spiro atoms. The van der Waals surface area contributed by atoms with Crippen molar-refractivity contribution in [2.45, 2.75) is 0 Å². The molecule has 0 radical (unpaired) electrons. The Kier molecular flexibility index (Phi) is 5.75. The molecule has 3 aromatic carbocycles. The van der Waals surface area contributed by atoms with Gasteiger partial charge in [0, 0.05) is 17.3 Å². The van der Waals surface area contributed by atoms with Crippen LogP contribution in [0.4, 0.5) is 11.4 Å². The van der Waals surface area contributed by atoms with Crippen LogP contribution in [0.1, 0.15) is 20.8 Å². The Hall–Kier alpha value is -4.39. The number of H-pyrrole nitrogens is 1. The maximum absolute atomic E-state index is 12.8. The maximum atomic E-state index is 12.8. The van der Waals surface area contributed by atoms with Crippen LogP contribution in [0.2, 0.25) is 0 Å². The van der Waals surface area contributed by atoms with E-state index in [-0.39, 0.29) is 5.91 Å². The first-order valence-electron chi connectivity index (χ1n) is 9.60. The van der Waals surface area contributed by atoms with Crippen molar-refractivity contribution >= 4 is 23.2 Å². The second kappa shape index (κ2) is 8.96. The van der Waals surface area contributed by atoms with Crippen LogP contribution in [-0.2, 0) is 0 Å². The summed E-state index contributed by atoms with van der Waals surface area (Å²) >= 11 is 0. The van der Waals surface area contributed by atoms with Gasteiger partial charge in [-0.3, -0.25) is 14.7 Å². The van der Waals surface area contributed by atoms with Gasteiger partial charge < -0.3 is 15.4 Å². The molecule has 1 aromatic heterocycles. The predicted octanol–water partition coefficient (Wildman–Crippen LogP) is 4.59. The fourth-order valence-corrected chi connectivity index (χ4v) is 3.07. The van der Waals surface area contributed by atoms with Gasteiger partial charge in [0.25, 0.3) is 11.8 Å². The second-order valence-electron chi connectivity index (χ2n) is 6.72. The predicted molar refractivity (Wildman–Crippen MR) is 119 cm³/mol. The number of hydrogen-bond donors (Lipinski definition) is 3. The van der Waals surface area contributed by atoms with E-state index in [0.29, 0.717) is 34.1 Å². The van der Waals surface area contributed by atoms with Crippen molar-refractivity contribution in [3.63, 3.8) is 0 Å². The van der Waals surface area contributed by atoms with E-state index < -0.39 is 5.91 Å². The monoisotopic (exact) mass is 412 g/mol. The van der Waals surface area contributed by atoms with Gasteiger partial charge in [-0.1, -0.05) is 48.5 Å². The highest BCUT2D eigenvalue weighted by Crippen LogP contribution is 2.22. The molecule has 0 fully saturated rings. The fraction of sp³-hybridized carbons (Fsp3) is 0.0417. The molecule has 0 aliphatic heterocycles. The van der Waals surface area contributed by atoms with Gasteiger partial charge in [-0.05, 0) is 30.3 Å². The Balaban J connectivity index is 1.51. The van der Waals surface area contributed by atoms with Gasteiger partial charge in [-0.15, -0.1) is 0 Å². The third-order valence-corrected chi connectivity index (χ3v) is 4.64. The summed E-state index contributed by atoms with van der Waals surface area (Å²) in [5.41, 5.74) is 3.17. The van der Waals surface area contributed by atoms with Crippen LogP contribution in [0.3, 0.4) is 0 Å². The summed E-state index contributed by atoms with van der Waals surface area (Å²) in [5, 5.41) is 12.6. The van der Waals surface area contributed by atoms with Gasteiger partial charge in [0.1, 0.15) is 11.4 Å². The van der Waals surface area contributed by atoms with Crippen LogP contribution < -0.4 is 15.4 Å². The van der Waals surface area contributed by atoms with Gasteiger partial charge in [-0.2, -0.15) is 5.10 Å². The fourth-order valence-electron chi connectivity index (χ4n) is 3.07. The minimum atomic E-state index is -0.392. The number of ether oxygens (including phenoxy) is 1. The molecule has 0 aliphatic rings. The van der Waals surface area contributed by atoms with E-state index in [1.165, 1.54) is 0 Å². The van der Waals surface area contributed by atoms with Crippen molar-refractivity contribution in [2.24, 2.45) is 0 Å². The largest absolute Gasteiger partial charge is 0.497 e. The Bertz CT molecular complexity index is 1220. The lowest BCUT2D eigenvalue weighted by atomic mass is 10.1. The van der Waals surface area contributed by atoms with Crippen molar-refractivity contribution < 1.29 is 14.3 Å². The standard InChI is InChI=1S/C24H20N4O3/c1-31-18-11-7-10-17(14-18)25-23(29)19-12-5-6-13-20(19)26-24(30)22-15-21(27-28-22)16-8-3-2-4-9-16/h2-15H,1H3,(H,25,29)(H,26,30)(H,27,28). The van der Waals surface area contributed by atoms with E-state index >= 15 is 0 Å². The normalized spacial score (nSPS) is 10.4. The molecule has 4 rings (SSSR count). The van der Waals surface area contributed by atoms with Crippen LogP contribution in [0.5, 0.6) is 5.75 Å². The molecule has 7 nitrogen and oxygen atoms in total. The lowest BCUT2D eigenvalue weighted by molar-refractivity contribution is 0.102.